The number of para-hydroxylation sites is 1. The van der Waals surface area contributed by atoms with Crippen molar-refractivity contribution in [2.45, 2.75) is 24.7 Å². The first-order valence-electron chi connectivity index (χ1n) is 6.67. The number of anilines is 1. The minimum atomic E-state index is -3.78. The summed E-state index contributed by atoms with van der Waals surface area (Å²) in [4.78, 5) is 10.0. The molecule has 0 amide bonds. The lowest BCUT2D eigenvalue weighted by Gasteiger charge is -2.14. The third-order valence-corrected chi connectivity index (χ3v) is 4.57. The summed E-state index contributed by atoms with van der Waals surface area (Å²) in [6.07, 6.45) is 0. The molecule has 0 atom stereocenters. The number of hydrogen-bond acceptors (Lipinski definition) is 4. The molecule has 0 aliphatic rings. The van der Waals surface area contributed by atoms with Crippen LogP contribution >= 0.6 is 0 Å². The van der Waals surface area contributed by atoms with Gasteiger partial charge in [-0.15, -0.1) is 0 Å². The van der Waals surface area contributed by atoms with Gasteiger partial charge in [0.25, 0.3) is 15.7 Å². The van der Waals surface area contributed by atoms with Crippen LogP contribution < -0.4 is 4.72 Å². The lowest BCUT2D eigenvalue weighted by atomic mass is 10.0. The van der Waals surface area contributed by atoms with Crippen molar-refractivity contribution in [3.05, 3.63) is 64.2 Å². The number of non-ortho nitro benzene ring substituents is 1. The van der Waals surface area contributed by atoms with Crippen molar-refractivity contribution in [3.63, 3.8) is 0 Å². The molecule has 7 heteroatoms. The molecule has 0 saturated carbocycles. The first-order chi connectivity index (χ1) is 10.3. The van der Waals surface area contributed by atoms with Crippen LogP contribution in [-0.2, 0) is 10.0 Å². The molecule has 0 aromatic heterocycles. The minimum absolute atomic E-state index is 0.0170. The Labute approximate surface area is 129 Å². The van der Waals surface area contributed by atoms with Gasteiger partial charge in [0.15, 0.2) is 0 Å². The van der Waals surface area contributed by atoms with Gasteiger partial charge in [-0.25, -0.2) is 8.42 Å². The molecule has 22 heavy (non-hydrogen) atoms. The number of benzene rings is 2. The first kappa shape index (κ1) is 16.0. The van der Waals surface area contributed by atoms with Crippen molar-refractivity contribution < 1.29 is 13.3 Å². The van der Waals surface area contributed by atoms with Gasteiger partial charge >= 0.3 is 0 Å². The van der Waals surface area contributed by atoms with Crippen LogP contribution in [0.2, 0.25) is 0 Å². The number of rotatable bonds is 5. The fraction of sp³-hybridized carbons (Fsp3) is 0.200. The summed E-state index contributed by atoms with van der Waals surface area (Å²) in [6.45, 7) is 3.94. The molecule has 2 aromatic rings. The summed E-state index contributed by atoms with van der Waals surface area (Å²) < 4.78 is 27.3. The Bertz CT molecular complexity index is 783. The lowest BCUT2D eigenvalue weighted by molar-refractivity contribution is -0.384. The number of nitrogens with zero attached hydrogens (tertiary/aromatic N) is 1. The Morgan fingerprint density at radius 3 is 2.18 bits per heavy atom. The average Bonchev–Trinajstić information content (AvgIpc) is 2.47. The largest absolute Gasteiger partial charge is 0.279 e. The highest BCUT2D eigenvalue weighted by Crippen LogP contribution is 2.26. The Balaban J connectivity index is 2.34. The SMILES string of the molecule is CC(C)c1ccccc1NS(=O)(=O)c1ccc([N+](=O)[O-])cc1. The number of nitrogens with one attached hydrogen (secondary N) is 1. The summed E-state index contributed by atoms with van der Waals surface area (Å²) >= 11 is 0. The van der Waals surface area contributed by atoms with Gasteiger partial charge in [0, 0.05) is 12.1 Å². The molecule has 1 N–H and O–H groups in total. The van der Waals surface area contributed by atoms with E-state index < -0.39 is 14.9 Å². The summed E-state index contributed by atoms with van der Waals surface area (Å²) in [5.41, 5.74) is 1.24. The Hall–Kier alpha value is -2.41. The van der Waals surface area contributed by atoms with Crippen LogP contribution in [0.1, 0.15) is 25.3 Å². The van der Waals surface area contributed by atoms with E-state index in [-0.39, 0.29) is 16.5 Å². The monoisotopic (exact) mass is 320 g/mol. The third-order valence-electron chi connectivity index (χ3n) is 3.18. The van der Waals surface area contributed by atoms with Crippen LogP contribution in [0.4, 0.5) is 11.4 Å². The fourth-order valence-corrected chi connectivity index (χ4v) is 3.13. The van der Waals surface area contributed by atoms with Gasteiger partial charge in [-0.3, -0.25) is 14.8 Å². The number of sulfonamides is 1. The summed E-state index contributed by atoms with van der Waals surface area (Å²) in [5.74, 6) is 0.163. The van der Waals surface area contributed by atoms with E-state index in [1.54, 1.807) is 12.1 Å². The van der Waals surface area contributed by atoms with Gasteiger partial charge in [-0.05, 0) is 29.7 Å². The van der Waals surface area contributed by atoms with Crippen molar-refractivity contribution in [1.82, 2.24) is 0 Å². The standard InChI is InChI=1S/C15H16N2O4S/c1-11(2)14-5-3-4-6-15(14)16-22(20,21)13-9-7-12(8-10-13)17(18)19/h3-11,16H,1-2H3. The summed E-state index contributed by atoms with van der Waals surface area (Å²) in [7, 11) is -3.78. The van der Waals surface area contributed by atoms with E-state index in [9.17, 15) is 18.5 Å². The summed E-state index contributed by atoms with van der Waals surface area (Å²) in [6, 6.07) is 11.9. The van der Waals surface area contributed by atoms with Gasteiger partial charge in [0.05, 0.1) is 15.5 Å². The minimum Gasteiger partial charge on any atom is -0.279 e. The quantitative estimate of drug-likeness (QED) is 0.674. The molecule has 0 bridgehead atoms. The molecule has 0 radical (unpaired) electrons. The second-order valence-corrected chi connectivity index (χ2v) is 6.78. The van der Waals surface area contributed by atoms with Crippen molar-refractivity contribution in [3.8, 4) is 0 Å². The zero-order chi connectivity index (χ0) is 16.3. The van der Waals surface area contributed by atoms with E-state index in [4.69, 9.17) is 0 Å². The highest BCUT2D eigenvalue weighted by Gasteiger charge is 2.18. The van der Waals surface area contributed by atoms with Crippen LogP contribution in [0.5, 0.6) is 0 Å². The van der Waals surface area contributed by atoms with E-state index in [0.29, 0.717) is 5.69 Å². The highest BCUT2D eigenvalue weighted by atomic mass is 32.2. The van der Waals surface area contributed by atoms with E-state index in [2.05, 4.69) is 4.72 Å². The van der Waals surface area contributed by atoms with Gasteiger partial charge in [0.1, 0.15) is 0 Å². The highest BCUT2D eigenvalue weighted by molar-refractivity contribution is 7.92. The number of nitro benzene ring substituents is 1. The van der Waals surface area contributed by atoms with Crippen molar-refractivity contribution in [1.29, 1.82) is 0 Å². The van der Waals surface area contributed by atoms with Gasteiger partial charge in [-0.1, -0.05) is 32.0 Å². The smallest absolute Gasteiger partial charge is 0.269 e. The molecular formula is C15H16N2O4S. The van der Waals surface area contributed by atoms with Crippen molar-refractivity contribution >= 4 is 21.4 Å². The van der Waals surface area contributed by atoms with Crippen LogP contribution in [-0.4, -0.2) is 13.3 Å². The molecule has 0 fully saturated rings. The molecule has 116 valence electrons. The molecule has 0 spiro atoms. The molecule has 0 heterocycles. The molecule has 6 nitrogen and oxygen atoms in total. The fourth-order valence-electron chi connectivity index (χ4n) is 2.04. The molecular weight excluding hydrogens is 304 g/mol. The zero-order valence-corrected chi connectivity index (χ0v) is 13.0. The maximum absolute atomic E-state index is 12.4. The van der Waals surface area contributed by atoms with Crippen LogP contribution in [0.3, 0.4) is 0 Å². The van der Waals surface area contributed by atoms with Crippen molar-refractivity contribution in [2.75, 3.05) is 4.72 Å². The molecule has 0 saturated heterocycles. The predicted molar refractivity (Wildman–Crippen MR) is 84.4 cm³/mol. The van der Waals surface area contributed by atoms with E-state index in [1.807, 2.05) is 26.0 Å². The lowest BCUT2D eigenvalue weighted by Crippen LogP contribution is -2.14. The molecule has 0 unspecified atom stereocenters. The topological polar surface area (TPSA) is 89.3 Å². The van der Waals surface area contributed by atoms with Gasteiger partial charge in [-0.2, -0.15) is 0 Å². The second kappa shape index (κ2) is 6.15. The average molecular weight is 320 g/mol. The maximum Gasteiger partial charge on any atom is 0.269 e. The van der Waals surface area contributed by atoms with Crippen LogP contribution in [0.15, 0.2) is 53.4 Å². The summed E-state index contributed by atoms with van der Waals surface area (Å²) in [5, 5.41) is 10.6. The van der Waals surface area contributed by atoms with Gasteiger partial charge < -0.3 is 0 Å². The molecule has 0 aliphatic heterocycles. The van der Waals surface area contributed by atoms with Crippen molar-refractivity contribution in [2.24, 2.45) is 0 Å². The molecule has 2 aromatic carbocycles. The number of nitro groups is 1. The van der Waals surface area contributed by atoms with Crippen LogP contribution in [0.25, 0.3) is 0 Å². The Kier molecular flexibility index (Phi) is 4.46. The second-order valence-electron chi connectivity index (χ2n) is 5.10. The molecule has 0 aliphatic carbocycles. The normalized spacial score (nSPS) is 11.4. The molecule has 2 rings (SSSR count). The number of hydrogen-bond donors (Lipinski definition) is 1. The van der Waals surface area contributed by atoms with E-state index >= 15 is 0 Å². The maximum atomic E-state index is 12.4. The van der Waals surface area contributed by atoms with Gasteiger partial charge in [0.2, 0.25) is 0 Å². The first-order valence-corrected chi connectivity index (χ1v) is 8.16. The van der Waals surface area contributed by atoms with Crippen LogP contribution in [0, 0.1) is 10.1 Å². The third kappa shape index (κ3) is 3.43. The Morgan fingerprint density at radius 1 is 1.05 bits per heavy atom. The predicted octanol–water partition coefficient (Wildman–Crippen LogP) is 3.52. The van der Waals surface area contributed by atoms with E-state index in [1.165, 1.54) is 24.3 Å². The zero-order valence-electron chi connectivity index (χ0n) is 12.2. The van der Waals surface area contributed by atoms with E-state index in [0.717, 1.165) is 5.56 Å². The Morgan fingerprint density at radius 2 is 1.64 bits per heavy atom.